The number of halogens is 1. The van der Waals surface area contributed by atoms with E-state index in [2.05, 4.69) is 15.9 Å². The van der Waals surface area contributed by atoms with Crippen molar-refractivity contribution in [3.8, 4) is 11.5 Å². The molecular formula is C13H7BrO4. The minimum absolute atomic E-state index is 0.0680. The average Bonchev–Trinajstić information content (AvgIpc) is 2.29. The van der Waals surface area contributed by atoms with Gasteiger partial charge in [-0.3, -0.25) is 4.79 Å². The summed E-state index contributed by atoms with van der Waals surface area (Å²) in [6.45, 7) is 0. The van der Waals surface area contributed by atoms with Crippen molar-refractivity contribution in [2.75, 3.05) is 0 Å². The van der Waals surface area contributed by atoms with Crippen LogP contribution in [0.2, 0.25) is 0 Å². The summed E-state index contributed by atoms with van der Waals surface area (Å²) < 4.78 is 6.25. The van der Waals surface area contributed by atoms with Crippen LogP contribution in [0.3, 0.4) is 0 Å². The van der Waals surface area contributed by atoms with Gasteiger partial charge in [0.25, 0.3) is 0 Å². The van der Waals surface area contributed by atoms with Crippen LogP contribution in [0.1, 0.15) is 0 Å². The smallest absolute Gasteiger partial charge is 0.204 e. The molecule has 3 aromatic rings. The minimum Gasteiger partial charge on any atom is -0.508 e. The fourth-order valence-corrected chi connectivity index (χ4v) is 2.28. The lowest BCUT2D eigenvalue weighted by atomic mass is 10.1. The van der Waals surface area contributed by atoms with Crippen LogP contribution in [-0.4, -0.2) is 10.2 Å². The van der Waals surface area contributed by atoms with Crippen molar-refractivity contribution >= 4 is 37.9 Å². The first kappa shape index (κ1) is 11.1. The standard InChI is InChI=1S/C13H7BrO4/c14-6-1-2-10-8(3-6)13(17)12-9(16)4-7(15)5-11(12)18-10/h1-5,15-16H. The van der Waals surface area contributed by atoms with Gasteiger partial charge >= 0.3 is 0 Å². The molecule has 2 aromatic carbocycles. The summed E-state index contributed by atoms with van der Waals surface area (Å²) in [5.41, 5.74) is 0.234. The molecule has 0 aliphatic rings. The number of phenolic OH excluding ortho intramolecular Hbond substituents is 2. The van der Waals surface area contributed by atoms with E-state index in [9.17, 15) is 15.0 Å². The van der Waals surface area contributed by atoms with Crippen molar-refractivity contribution in [2.45, 2.75) is 0 Å². The molecule has 90 valence electrons. The van der Waals surface area contributed by atoms with Crippen molar-refractivity contribution in [3.05, 3.63) is 45.0 Å². The fraction of sp³-hybridized carbons (Fsp3) is 0. The molecule has 0 atom stereocenters. The predicted molar refractivity (Wildman–Crippen MR) is 71.0 cm³/mol. The number of phenols is 2. The number of aromatic hydroxyl groups is 2. The second-order valence-corrected chi connectivity index (χ2v) is 4.83. The van der Waals surface area contributed by atoms with Crippen molar-refractivity contribution in [1.82, 2.24) is 0 Å². The molecule has 2 N–H and O–H groups in total. The van der Waals surface area contributed by atoms with Crippen molar-refractivity contribution < 1.29 is 14.6 Å². The molecule has 18 heavy (non-hydrogen) atoms. The molecule has 3 rings (SSSR count). The van der Waals surface area contributed by atoms with E-state index in [1.165, 1.54) is 6.07 Å². The number of benzene rings is 2. The minimum atomic E-state index is -0.329. The molecular weight excluding hydrogens is 300 g/mol. The lowest BCUT2D eigenvalue weighted by Crippen LogP contribution is -2.02. The first-order chi connectivity index (χ1) is 8.56. The second-order valence-electron chi connectivity index (χ2n) is 3.91. The first-order valence-electron chi connectivity index (χ1n) is 5.14. The van der Waals surface area contributed by atoms with E-state index in [-0.39, 0.29) is 27.9 Å². The Balaban J connectivity index is 2.61. The molecule has 4 nitrogen and oxygen atoms in total. The summed E-state index contributed by atoms with van der Waals surface area (Å²) in [6.07, 6.45) is 0. The molecule has 1 aromatic heterocycles. The Labute approximate surface area is 109 Å². The highest BCUT2D eigenvalue weighted by molar-refractivity contribution is 9.10. The van der Waals surface area contributed by atoms with Gasteiger partial charge in [-0.25, -0.2) is 0 Å². The Morgan fingerprint density at radius 1 is 1.06 bits per heavy atom. The van der Waals surface area contributed by atoms with Gasteiger partial charge in [0.15, 0.2) is 0 Å². The lowest BCUT2D eigenvalue weighted by Gasteiger charge is -2.04. The molecule has 0 fully saturated rings. The molecule has 0 saturated heterocycles. The van der Waals surface area contributed by atoms with Gasteiger partial charge in [-0.1, -0.05) is 15.9 Å². The van der Waals surface area contributed by atoms with Gasteiger partial charge in [0.05, 0.1) is 5.39 Å². The summed E-state index contributed by atoms with van der Waals surface area (Å²) in [4.78, 5) is 12.2. The summed E-state index contributed by atoms with van der Waals surface area (Å²) in [5, 5.41) is 19.6. The highest BCUT2D eigenvalue weighted by atomic mass is 79.9. The molecule has 0 aliphatic heterocycles. The summed E-state index contributed by atoms with van der Waals surface area (Å²) in [6, 6.07) is 7.45. The van der Waals surface area contributed by atoms with Crippen LogP contribution in [0.4, 0.5) is 0 Å². The van der Waals surface area contributed by atoms with Gasteiger partial charge in [-0.15, -0.1) is 0 Å². The van der Waals surface area contributed by atoms with Crippen LogP contribution in [0, 0.1) is 0 Å². The Morgan fingerprint density at radius 3 is 2.61 bits per heavy atom. The maximum atomic E-state index is 12.2. The monoisotopic (exact) mass is 306 g/mol. The van der Waals surface area contributed by atoms with E-state index in [0.717, 1.165) is 10.5 Å². The van der Waals surface area contributed by atoms with Crippen molar-refractivity contribution in [2.24, 2.45) is 0 Å². The third kappa shape index (κ3) is 1.55. The third-order valence-electron chi connectivity index (χ3n) is 2.70. The van der Waals surface area contributed by atoms with Crippen LogP contribution in [-0.2, 0) is 0 Å². The molecule has 0 bridgehead atoms. The van der Waals surface area contributed by atoms with Crippen LogP contribution in [0.25, 0.3) is 21.9 Å². The maximum Gasteiger partial charge on any atom is 0.204 e. The average molecular weight is 307 g/mol. The van der Waals surface area contributed by atoms with E-state index in [4.69, 9.17) is 4.42 Å². The Kier molecular flexibility index (Phi) is 2.31. The van der Waals surface area contributed by atoms with E-state index in [1.807, 2.05) is 0 Å². The van der Waals surface area contributed by atoms with E-state index < -0.39 is 0 Å². The van der Waals surface area contributed by atoms with Gasteiger partial charge in [0.2, 0.25) is 5.43 Å². The number of hydrogen-bond donors (Lipinski definition) is 2. The van der Waals surface area contributed by atoms with Crippen LogP contribution < -0.4 is 5.43 Å². The second kappa shape index (κ2) is 3.74. The zero-order chi connectivity index (χ0) is 12.9. The topological polar surface area (TPSA) is 70.7 Å². The van der Waals surface area contributed by atoms with Gasteiger partial charge in [0, 0.05) is 16.6 Å². The number of fused-ring (bicyclic) bond motifs is 2. The molecule has 0 spiro atoms. The zero-order valence-corrected chi connectivity index (χ0v) is 10.6. The van der Waals surface area contributed by atoms with Crippen LogP contribution in [0.5, 0.6) is 11.5 Å². The molecule has 1 heterocycles. The largest absolute Gasteiger partial charge is 0.508 e. The van der Waals surface area contributed by atoms with Gasteiger partial charge < -0.3 is 14.6 Å². The van der Waals surface area contributed by atoms with Gasteiger partial charge in [-0.05, 0) is 18.2 Å². The Morgan fingerprint density at radius 2 is 1.83 bits per heavy atom. The zero-order valence-electron chi connectivity index (χ0n) is 8.98. The Bertz CT molecular complexity index is 836. The molecule has 0 unspecified atom stereocenters. The fourth-order valence-electron chi connectivity index (χ4n) is 1.92. The van der Waals surface area contributed by atoms with Gasteiger partial charge in [-0.2, -0.15) is 0 Å². The van der Waals surface area contributed by atoms with Crippen LogP contribution >= 0.6 is 15.9 Å². The van der Waals surface area contributed by atoms with Crippen LogP contribution in [0.15, 0.2) is 44.0 Å². The maximum absolute atomic E-state index is 12.2. The highest BCUT2D eigenvalue weighted by Crippen LogP contribution is 2.30. The van der Waals surface area contributed by atoms with E-state index >= 15 is 0 Å². The normalized spacial score (nSPS) is 11.2. The first-order valence-corrected chi connectivity index (χ1v) is 5.93. The van der Waals surface area contributed by atoms with E-state index in [0.29, 0.717) is 11.0 Å². The highest BCUT2D eigenvalue weighted by Gasteiger charge is 2.12. The molecule has 0 saturated carbocycles. The molecule has 5 heteroatoms. The van der Waals surface area contributed by atoms with Crippen molar-refractivity contribution in [1.29, 1.82) is 0 Å². The Hall–Kier alpha value is -2.01. The number of rotatable bonds is 0. The lowest BCUT2D eigenvalue weighted by molar-refractivity contribution is 0.453. The summed E-state index contributed by atoms with van der Waals surface area (Å²) in [7, 11) is 0. The predicted octanol–water partition coefficient (Wildman–Crippen LogP) is 3.12. The quantitative estimate of drug-likeness (QED) is 0.626. The number of hydrogen-bond acceptors (Lipinski definition) is 4. The molecule has 0 aliphatic carbocycles. The molecule has 0 radical (unpaired) electrons. The molecule has 0 amide bonds. The summed E-state index contributed by atoms with van der Waals surface area (Å²) >= 11 is 3.28. The SMILES string of the molecule is O=c1c2cc(Br)ccc2oc2cc(O)cc(O)c12. The van der Waals surface area contributed by atoms with Crippen molar-refractivity contribution in [3.63, 3.8) is 0 Å². The summed E-state index contributed by atoms with van der Waals surface area (Å²) in [5.74, 6) is -0.444. The van der Waals surface area contributed by atoms with E-state index in [1.54, 1.807) is 18.2 Å². The van der Waals surface area contributed by atoms with Gasteiger partial charge in [0.1, 0.15) is 28.1 Å². The third-order valence-corrected chi connectivity index (χ3v) is 3.19.